The Bertz CT molecular complexity index is 313. The third-order valence-electron chi connectivity index (χ3n) is 3.00. The fourth-order valence-corrected chi connectivity index (χ4v) is 1.86. The zero-order chi connectivity index (χ0) is 11.3. The summed E-state index contributed by atoms with van der Waals surface area (Å²) in [4.78, 5) is 0. The first-order chi connectivity index (χ1) is 7.12. The summed E-state index contributed by atoms with van der Waals surface area (Å²) in [6, 6.07) is 8.09. The van der Waals surface area contributed by atoms with Crippen molar-refractivity contribution in [1.29, 1.82) is 0 Å². The molecule has 1 aromatic rings. The van der Waals surface area contributed by atoms with Gasteiger partial charge in [-0.1, -0.05) is 56.5 Å². The highest BCUT2D eigenvalue weighted by molar-refractivity contribution is 6.30. The number of halogens is 1. The number of allylic oxidation sites excluding steroid dienone is 1. The van der Waals surface area contributed by atoms with Crippen molar-refractivity contribution < 1.29 is 0 Å². The van der Waals surface area contributed by atoms with Gasteiger partial charge in [0.25, 0.3) is 0 Å². The molecule has 0 saturated carbocycles. The molecular weight excluding hydrogens is 204 g/mol. The van der Waals surface area contributed by atoms with Crippen molar-refractivity contribution in [3.8, 4) is 0 Å². The van der Waals surface area contributed by atoms with E-state index in [1.165, 1.54) is 18.4 Å². The van der Waals surface area contributed by atoms with E-state index in [2.05, 4.69) is 32.6 Å². The van der Waals surface area contributed by atoms with Crippen LogP contribution in [-0.2, 0) is 5.41 Å². The lowest BCUT2D eigenvalue weighted by Gasteiger charge is -2.26. The van der Waals surface area contributed by atoms with Gasteiger partial charge in [0.15, 0.2) is 0 Å². The van der Waals surface area contributed by atoms with Gasteiger partial charge in [-0.2, -0.15) is 0 Å². The van der Waals surface area contributed by atoms with E-state index in [0.717, 1.165) is 11.4 Å². The van der Waals surface area contributed by atoms with E-state index < -0.39 is 0 Å². The molecule has 0 aliphatic heterocycles. The van der Waals surface area contributed by atoms with Crippen LogP contribution in [0.3, 0.4) is 0 Å². The molecular formula is C14H19Cl. The van der Waals surface area contributed by atoms with Gasteiger partial charge in [0.1, 0.15) is 0 Å². The largest absolute Gasteiger partial charge is 0.102 e. The Morgan fingerprint density at radius 1 is 1.33 bits per heavy atom. The first-order valence-electron chi connectivity index (χ1n) is 5.52. The van der Waals surface area contributed by atoms with Crippen LogP contribution in [0.1, 0.15) is 38.7 Å². The van der Waals surface area contributed by atoms with Crippen LogP contribution < -0.4 is 0 Å². The SMILES string of the molecule is C=C[C@](C)(CCCC)c1ccc(Cl)cc1. The van der Waals surface area contributed by atoms with Gasteiger partial charge in [-0.15, -0.1) is 6.58 Å². The van der Waals surface area contributed by atoms with Crippen LogP contribution in [0.25, 0.3) is 0 Å². The highest BCUT2D eigenvalue weighted by Gasteiger charge is 2.21. The predicted octanol–water partition coefficient (Wildman–Crippen LogP) is 4.97. The molecule has 0 saturated heterocycles. The van der Waals surface area contributed by atoms with E-state index in [9.17, 15) is 0 Å². The molecule has 15 heavy (non-hydrogen) atoms. The van der Waals surface area contributed by atoms with Crippen molar-refractivity contribution in [1.82, 2.24) is 0 Å². The number of hydrogen-bond donors (Lipinski definition) is 0. The molecule has 1 atom stereocenters. The van der Waals surface area contributed by atoms with E-state index in [-0.39, 0.29) is 5.41 Å². The molecule has 0 aliphatic carbocycles. The number of hydrogen-bond acceptors (Lipinski definition) is 0. The summed E-state index contributed by atoms with van der Waals surface area (Å²) in [6.07, 6.45) is 5.64. The summed E-state index contributed by atoms with van der Waals surface area (Å²) in [5, 5.41) is 0.792. The van der Waals surface area contributed by atoms with Crippen molar-refractivity contribution in [3.63, 3.8) is 0 Å². The zero-order valence-corrected chi connectivity index (χ0v) is 10.3. The summed E-state index contributed by atoms with van der Waals surface area (Å²) in [5.74, 6) is 0. The Labute approximate surface area is 98.0 Å². The lowest BCUT2D eigenvalue weighted by Crippen LogP contribution is -2.18. The standard InChI is InChI=1S/C14H19Cl/c1-4-6-11-14(3,5-2)12-7-9-13(15)10-8-12/h5,7-10H,2,4,6,11H2,1,3H3/t14-/m1/s1. The van der Waals surface area contributed by atoms with Crippen LogP contribution in [-0.4, -0.2) is 0 Å². The number of rotatable bonds is 5. The zero-order valence-electron chi connectivity index (χ0n) is 9.59. The molecule has 0 unspecified atom stereocenters. The highest BCUT2D eigenvalue weighted by atomic mass is 35.5. The normalized spacial score (nSPS) is 14.6. The molecule has 0 heterocycles. The Morgan fingerprint density at radius 3 is 2.40 bits per heavy atom. The second-order valence-electron chi connectivity index (χ2n) is 4.23. The third kappa shape index (κ3) is 3.10. The van der Waals surface area contributed by atoms with Gasteiger partial charge in [0, 0.05) is 10.4 Å². The van der Waals surface area contributed by atoms with Crippen LogP contribution in [0, 0.1) is 0 Å². The summed E-state index contributed by atoms with van der Waals surface area (Å²) in [7, 11) is 0. The van der Waals surface area contributed by atoms with Crippen molar-refractivity contribution in [2.24, 2.45) is 0 Å². The summed E-state index contributed by atoms with van der Waals surface area (Å²) in [6.45, 7) is 8.40. The van der Waals surface area contributed by atoms with Crippen molar-refractivity contribution in [3.05, 3.63) is 47.5 Å². The minimum atomic E-state index is 0.0839. The smallest absolute Gasteiger partial charge is 0.0406 e. The Balaban J connectivity index is 2.89. The molecule has 0 bridgehead atoms. The number of benzene rings is 1. The van der Waals surface area contributed by atoms with Gasteiger partial charge in [0.05, 0.1) is 0 Å². The van der Waals surface area contributed by atoms with Crippen molar-refractivity contribution in [2.75, 3.05) is 0 Å². The topological polar surface area (TPSA) is 0 Å². The maximum Gasteiger partial charge on any atom is 0.0406 e. The Morgan fingerprint density at radius 2 is 1.93 bits per heavy atom. The fraction of sp³-hybridized carbons (Fsp3) is 0.429. The second-order valence-corrected chi connectivity index (χ2v) is 4.67. The average molecular weight is 223 g/mol. The van der Waals surface area contributed by atoms with E-state index in [1.807, 2.05) is 18.2 Å². The maximum absolute atomic E-state index is 5.88. The van der Waals surface area contributed by atoms with Crippen LogP contribution in [0.2, 0.25) is 5.02 Å². The summed E-state index contributed by atoms with van der Waals surface area (Å²) >= 11 is 5.88. The number of unbranched alkanes of at least 4 members (excludes halogenated alkanes) is 1. The van der Waals surface area contributed by atoms with Crippen molar-refractivity contribution in [2.45, 2.75) is 38.5 Å². The first-order valence-corrected chi connectivity index (χ1v) is 5.90. The highest BCUT2D eigenvalue weighted by Crippen LogP contribution is 2.31. The van der Waals surface area contributed by atoms with E-state index in [1.54, 1.807) is 0 Å². The molecule has 0 radical (unpaired) electrons. The second kappa shape index (κ2) is 5.37. The minimum absolute atomic E-state index is 0.0839. The Hall–Kier alpha value is -0.750. The first kappa shape index (κ1) is 12.3. The van der Waals surface area contributed by atoms with E-state index >= 15 is 0 Å². The van der Waals surface area contributed by atoms with Gasteiger partial charge in [-0.25, -0.2) is 0 Å². The molecule has 0 spiro atoms. The lowest BCUT2D eigenvalue weighted by atomic mass is 9.78. The molecule has 1 aromatic carbocycles. The molecule has 0 aliphatic rings. The lowest BCUT2D eigenvalue weighted by molar-refractivity contribution is 0.511. The molecule has 82 valence electrons. The van der Waals surface area contributed by atoms with Crippen molar-refractivity contribution >= 4 is 11.6 Å². The molecule has 1 heteroatoms. The Kier molecular flexibility index (Phi) is 4.41. The van der Waals surface area contributed by atoms with Crippen LogP contribution in [0.15, 0.2) is 36.9 Å². The monoisotopic (exact) mass is 222 g/mol. The summed E-state index contributed by atoms with van der Waals surface area (Å²) < 4.78 is 0. The van der Waals surface area contributed by atoms with Gasteiger partial charge in [-0.05, 0) is 24.1 Å². The molecule has 1 rings (SSSR count). The van der Waals surface area contributed by atoms with Gasteiger partial charge >= 0.3 is 0 Å². The quantitative estimate of drug-likeness (QED) is 0.617. The van der Waals surface area contributed by atoms with Gasteiger partial charge in [0.2, 0.25) is 0 Å². The summed E-state index contributed by atoms with van der Waals surface area (Å²) in [5.41, 5.74) is 1.39. The van der Waals surface area contributed by atoms with Crippen LogP contribution in [0.4, 0.5) is 0 Å². The third-order valence-corrected chi connectivity index (χ3v) is 3.26. The van der Waals surface area contributed by atoms with Crippen LogP contribution in [0.5, 0.6) is 0 Å². The molecule has 0 fully saturated rings. The minimum Gasteiger partial charge on any atom is -0.102 e. The molecule has 0 aromatic heterocycles. The predicted molar refractivity (Wildman–Crippen MR) is 68.5 cm³/mol. The molecule has 0 N–H and O–H groups in total. The fourth-order valence-electron chi connectivity index (χ4n) is 1.74. The van der Waals surface area contributed by atoms with E-state index in [0.29, 0.717) is 0 Å². The maximum atomic E-state index is 5.88. The average Bonchev–Trinajstić information content (AvgIpc) is 2.27. The van der Waals surface area contributed by atoms with Gasteiger partial charge < -0.3 is 0 Å². The van der Waals surface area contributed by atoms with Gasteiger partial charge in [-0.3, -0.25) is 0 Å². The molecule has 0 amide bonds. The van der Waals surface area contributed by atoms with Crippen LogP contribution >= 0.6 is 11.6 Å². The molecule has 0 nitrogen and oxygen atoms in total. The van der Waals surface area contributed by atoms with E-state index in [4.69, 9.17) is 11.6 Å².